The van der Waals surface area contributed by atoms with Gasteiger partial charge in [-0.15, -0.1) is 0 Å². The maximum absolute atomic E-state index is 13.3. The summed E-state index contributed by atoms with van der Waals surface area (Å²) >= 11 is 3.37. The minimum absolute atomic E-state index is 0. The van der Waals surface area contributed by atoms with E-state index in [4.69, 9.17) is 11.8 Å². The van der Waals surface area contributed by atoms with Gasteiger partial charge in [0.2, 0.25) is 5.69 Å². The molecule has 2 heterocycles. The first-order valence-electron chi connectivity index (χ1n) is 24.2. The van der Waals surface area contributed by atoms with Crippen LogP contribution < -0.4 is 0 Å². The molecule has 10 nitrogen and oxygen atoms in total. The topological polar surface area (TPSA) is 149 Å². The number of aromatic nitrogens is 4. The molecule has 16 atom stereocenters. The highest BCUT2D eigenvalue weighted by molar-refractivity contribution is 9.09. The number of hydrogen-bond acceptors (Lipinski definition) is 7. The lowest BCUT2D eigenvalue weighted by Crippen LogP contribution is -2.53. The van der Waals surface area contributed by atoms with Gasteiger partial charge in [0.15, 0.2) is 5.78 Å². The van der Waals surface area contributed by atoms with Crippen LogP contribution in [0.15, 0.2) is 24.8 Å². The molecule has 0 saturated heterocycles. The Kier molecular flexibility index (Phi) is 14.8. The molecule has 64 heavy (non-hydrogen) atoms. The number of Topliss-reactive ketones (excluding diaryl/α,β-unsaturated/α-hetero) is 2. The number of fused-ring (bicyclic) bond motifs is 10. The fourth-order valence-electron chi connectivity index (χ4n) is 16.4. The highest BCUT2D eigenvalue weighted by Crippen LogP contribution is 2.66. The van der Waals surface area contributed by atoms with Crippen LogP contribution in [0.5, 0.6) is 0 Å². The van der Waals surface area contributed by atoms with E-state index >= 15 is 0 Å². The number of hydrogen-bond donors (Lipinski definition) is 3. The minimum Gasteiger partial charge on any atom is -0.390 e. The standard InChI is InChI=1S/C25H35N3O2.C21H31BrF2O2.C4H3N3.CH4/c1-24(30)9-7-18-17(11-24)3-4-20-19(18)8-10-25(2)21(20)5-6-22(25)23(29)15-28-14-16(12-26)13-27-28;1-20-8-6-14-13-7-9-21(26,19(23)24)10-12(13)2-3-15(14)16(20)4-5-17(20)18(25)11-22;1-5-4-2-6-7-3-4;/h13-14,17-22,30H,3-11,15H2,1-2H3;12-17,19,26H,2-11H2,1H3;2-3H,(H,6,7);1H4/t17-,18+,19-,20-,21+,22-,24-,25+;12-,13+,14-,15-,16+,17-,20+,21-;;/m11../s1. The van der Waals surface area contributed by atoms with Crippen molar-refractivity contribution in [3.8, 4) is 6.07 Å². The summed E-state index contributed by atoms with van der Waals surface area (Å²) in [4.78, 5) is 28.8. The van der Waals surface area contributed by atoms with Gasteiger partial charge in [0, 0.05) is 24.2 Å². The first-order valence-corrected chi connectivity index (χ1v) is 25.3. The monoisotopic (exact) mass is 950 g/mol. The fraction of sp³-hybridized carbons (Fsp3) is 0.804. The molecule has 3 N–H and O–H groups in total. The molecule has 8 fully saturated rings. The number of nitrogens with one attached hydrogen (secondary N) is 1. The molecule has 352 valence electrons. The van der Waals surface area contributed by atoms with Crippen LogP contribution in [0.2, 0.25) is 0 Å². The number of aliphatic hydroxyl groups is 2. The molecule has 0 radical (unpaired) electrons. The SMILES string of the molecule is C.C[C@@]1(O)CC[C@H]2[C@H](CC[C@@H]3[C@@H]2CC[C@]2(C)[C@@H](C(=O)Cn4cc(C#N)cn4)CC[C@@H]32)C1.C[C@]12CC[C@H]3[C@@H](CC[C@@H]4C[C@@](O)(C(F)F)CC[C@@H]43)[C@@H]1CC[C@@H]2C(=O)CBr.[C-]#[N+]c1cn[nH]c1. The Hall–Kier alpha value is -3.00. The van der Waals surface area contributed by atoms with Crippen molar-refractivity contribution in [3.63, 3.8) is 0 Å². The van der Waals surface area contributed by atoms with Gasteiger partial charge in [-0.2, -0.15) is 15.5 Å². The zero-order valence-corrected chi connectivity index (χ0v) is 39.1. The van der Waals surface area contributed by atoms with E-state index in [1.54, 1.807) is 17.1 Å². The van der Waals surface area contributed by atoms with Crippen molar-refractivity contribution in [2.24, 2.45) is 81.8 Å². The molecule has 0 amide bonds. The number of carbonyl (C=O) groups excluding carboxylic acids is 2. The summed E-state index contributed by atoms with van der Waals surface area (Å²) in [5, 5.41) is 40.6. The second-order valence-corrected chi connectivity index (χ2v) is 22.8. The van der Waals surface area contributed by atoms with E-state index in [0.717, 1.165) is 88.4 Å². The number of carbonyl (C=O) groups is 2. The van der Waals surface area contributed by atoms with Gasteiger partial charge >= 0.3 is 0 Å². The van der Waals surface area contributed by atoms with E-state index in [1.165, 1.54) is 44.5 Å². The van der Waals surface area contributed by atoms with E-state index in [-0.39, 0.29) is 48.9 Å². The van der Waals surface area contributed by atoms with Crippen LogP contribution in [-0.4, -0.2) is 64.7 Å². The predicted molar refractivity (Wildman–Crippen MR) is 245 cm³/mol. The van der Waals surface area contributed by atoms with E-state index in [0.29, 0.717) is 70.2 Å². The Morgan fingerprint density at radius 3 is 1.89 bits per heavy atom. The summed E-state index contributed by atoms with van der Waals surface area (Å²) in [7, 11) is 0. The Morgan fingerprint density at radius 2 is 1.39 bits per heavy atom. The third-order valence-electron chi connectivity index (χ3n) is 19.3. The molecule has 8 saturated carbocycles. The van der Waals surface area contributed by atoms with Gasteiger partial charge in [-0.3, -0.25) is 19.4 Å². The fourth-order valence-corrected chi connectivity index (χ4v) is 16.8. The van der Waals surface area contributed by atoms with Crippen molar-refractivity contribution >= 4 is 33.2 Å². The number of ketones is 2. The van der Waals surface area contributed by atoms with Crippen molar-refractivity contribution in [1.82, 2.24) is 20.0 Å². The Morgan fingerprint density at radius 1 is 0.828 bits per heavy atom. The molecule has 8 aliphatic carbocycles. The number of aromatic amines is 1. The van der Waals surface area contributed by atoms with Gasteiger partial charge in [-0.25, -0.2) is 13.6 Å². The first kappa shape index (κ1) is 48.9. The molecule has 0 unspecified atom stereocenters. The Labute approximate surface area is 388 Å². The van der Waals surface area contributed by atoms with E-state index < -0.39 is 17.6 Å². The third kappa shape index (κ3) is 9.18. The van der Waals surface area contributed by atoms with Crippen molar-refractivity contribution in [1.29, 1.82) is 5.26 Å². The lowest BCUT2D eigenvalue weighted by atomic mass is 9.49. The molecule has 0 spiro atoms. The highest BCUT2D eigenvalue weighted by atomic mass is 79.9. The van der Waals surface area contributed by atoms with Gasteiger partial charge in [0.1, 0.15) is 17.5 Å². The normalized spacial score (nSPS) is 42.7. The molecule has 0 bridgehead atoms. The average molecular weight is 952 g/mol. The van der Waals surface area contributed by atoms with Crippen LogP contribution in [0.4, 0.5) is 14.5 Å². The van der Waals surface area contributed by atoms with Crippen LogP contribution >= 0.6 is 15.9 Å². The minimum atomic E-state index is -2.62. The lowest BCUT2D eigenvalue weighted by Gasteiger charge is -2.57. The van der Waals surface area contributed by atoms with Gasteiger partial charge < -0.3 is 10.2 Å². The molecular weight excluding hydrogens is 878 g/mol. The summed E-state index contributed by atoms with van der Waals surface area (Å²) in [5.74, 6) is 7.36. The quantitative estimate of drug-likeness (QED) is 0.193. The zero-order chi connectivity index (χ0) is 44.9. The molecule has 0 aromatic carbocycles. The molecule has 10 rings (SSSR count). The second-order valence-electron chi connectivity index (χ2n) is 22.3. The molecule has 2 aromatic heterocycles. The Bertz CT molecular complexity index is 2030. The van der Waals surface area contributed by atoms with Crippen LogP contribution in [0.1, 0.15) is 149 Å². The molecule has 8 aliphatic rings. The highest BCUT2D eigenvalue weighted by Gasteiger charge is 2.61. The summed E-state index contributed by atoms with van der Waals surface area (Å²) in [5.41, 5.74) is -0.881. The predicted octanol–water partition coefficient (Wildman–Crippen LogP) is 11.2. The van der Waals surface area contributed by atoms with Crippen LogP contribution in [-0.2, 0) is 16.1 Å². The zero-order valence-electron chi connectivity index (χ0n) is 37.5. The summed E-state index contributed by atoms with van der Waals surface area (Å²) in [6, 6.07) is 2.09. The van der Waals surface area contributed by atoms with E-state index in [9.17, 15) is 28.6 Å². The Balaban J connectivity index is 0.000000165. The number of nitriles is 1. The van der Waals surface area contributed by atoms with Gasteiger partial charge in [0.05, 0.1) is 42.0 Å². The van der Waals surface area contributed by atoms with Crippen molar-refractivity contribution in [3.05, 3.63) is 41.8 Å². The molecule has 2 aromatic rings. The summed E-state index contributed by atoms with van der Waals surface area (Å²) < 4.78 is 28.2. The van der Waals surface area contributed by atoms with Crippen molar-refractivity contribution < 1.29 is 28.6 Å². The maximum atomic E-state index is 13.3. The van der Waals surface area contributed by atoms with Gasteiger partial charge in [0.25, 0.3) is 6.43 Å². The number of H-pyrrole nitrogens is 1. The number of nitrogens with zero attached hydrogens (tertiary/aromatic N) is 5. The molecule has 13 heteroatoms. The van der Waals surface area contributed by atoms with Gasteiger partial charge in [-0.1, -0.05) is 37.2 Å². The number of rotatable bonds is 6. The van der Waals surface area contributed by atoms with E-state index in [1.807, 2.05) is 6.92 Å². The summed E-state index contributed by atoms with van der Waals surface area (Å²) in [6.07, 6.45) is 21.7. The largest absolute Gasteiger partial charge is 0.390 e. The number of alkyl halides is 3. The van der Waals surface area contributed by atoms with E-state index in [2.05, 4.69) is 56.0 Å². The smallest absolute Gasteiger partial charge is 0.266 e. The molecular formula is C51H73BrF2N6O4. The first-order chi connectivity index (χ1) is 30.0. The average Bonchev–Trinajstić information content (AvgIpc) is 4.09. The molecule has 0 aliphatic heterocycles. The maximum Gasteiger partial charge on any atom is 0.266 e. The van der Waals surface area contributed by atoms with Crippen LogP contribution in [0.25, 0.3) is 4.85 Å². The second kappa shape index (κ2) is 19.3. The van der Waals surface area contributed by atoms with Crippen LogP contribution in [0.3, 0.4) is 0 Å². The van der Waals surface area contributed by atoms with Crippen molar-refractivity contribution in [2.75, 3.05) is 5.33 Å². The third-order valence-corrected chi connectivity index (χ3v) is 19.8. The van der Waals surface area contributed by atoms with Crippen LogP contribution in [0, 0.1) is 99.7 Å². The number of halogens is 3. The lowest BCUT2D eigenvalue weighted by molar-refractivity contribution is -0.160. The van der Waals surface area contributed by atoms with Crippen molar-refractivity contribution in [2.45, 2.75) is 168 Å². The summed E-state index contributed by atoms with van der Waals surface area (Å²) in [6.45, 7) is 13.5. The van der Waals surface area contributed by atoms with Gasteiger partial charge in [-0.05, 0) is 193 Å².